The van der Waals surface area contributed by atoms with E-state index in [2.05, 4.69) is 10.4 Å². The molecule has 1 N–H and O–H groups in total. The molecular weight excluding hydrogens is 318 g/mol. The number of amides is 1. The van der Waals surface area contributed by atoms with Gasteiger partial charge in [-0.25, -0.2) is 0 Å². The Morgan fingerprint density at radius 3 is 2.64 bits per heavy atom. The predicted molar refractivity (Wildman–Crippen MR) is 95.5 cm³/mol. The first kappa shape index (κ1) is 17.2. The molecular formula is C19H23N3O3. The quantitative estimate of drug-likeness (QED) is 0.928. The summed E-state index contributed by atoms with van der Waals surface area (Å²) in [7, 11) is 1.44. The smallest absolute Gasteiger partial charge is 0.275 e. The second-order valence-electron chi connectivity index (χ2n) is 6.41. The monoisotopic (exact) mass is 341 g/mol. The van der Waals surface area contributed by atoms with Gasteiger partial charge in [-0.2, -0.15) is 9.78 Å². The van der Waals surface area contributed by atoms with Crippen molar-refractivity contribution in [1.82, 2.24) is 15.1 Å². The summed E-state index contributed by atoms with van der Waals surface area (Å²) in [5, 5.41) is 7.33. The van der Waals surface area contributed by atoms with E-state index in [0.717, 1.165) is 31.2 Å². The maximum atomic E-state index is 12.7. The van der Waals surface area contributed by atoms with Crippen molar-refractivity contribution in [2.75, 3.05) is 7.11 Å². The number of aryl methyl sites for hydroxylation is 1. The van der Waals surface area contributed by atoms with Crippen molar-refractivity contribution in [3.63, 3.8) is 0 Å². The largest absolute Gasteiger partial charge is 0.494 e. The third-order valence-corrected chi connectivity index (χ3v) is 4.62. The predicted octanol–water partition coefficient (Wildman–Crippen LogP) is 2.61. The van der Waals surface area contributed by atoms with Crippen molar-refractivity contribution in [3.8, 4) is 11.4 Å². The zero-order valence-corrected chi connectivity index (χ0v) is 14.6. The van der Waals surface area contributed by atoms with E-state index in [4.69, 9.17) is 4.74 Å². The lowest BCUT2D eigenvalue weighted by Crippen LogP contribution is -2.38. The molecule has 0 bridgehead atoms. The zero-order chi connectivity index (χ0) is 17.8. The van der Waals surface area contributed by atoms with Crippen LogP contribution in [0.5, 0.6) is 5.75 Å². The zero-order valence-electron chi connectivity index (χ0n) is 14.6. The van der Waals surface area contributed by atoms with Gasteiger partial charge < -0.3 is 10.1 Å². The third-order valence-electron chi connectivity index (χ3n) is 4.62. The second kappa shape index (κ2) is 7.51. The molecule has 1 amide bonds. The van der Waals surface area contributed by atoms with E-state index in [-0.39, 0.29) is 29.0 Å². The number of hydrogen-bond donors (Lipinski definition) is 1. The van der Waals surface area contributed by atoms with Crippen molar-refractivity contribution in [1.29, 1.82) is 0 Å². The first-order valence-corrected chi connectivity index (χ1v) is 8.65. The molecule has 1 aromatic carbocycles. The number of rotatable bonds is 4. The van der Waals surface area contributed by atoms with Crippen LogP contribution in [-0.2, 0) is 0 Å². The number of carbonyl (C=O) groups excluding carboxylic acids is 1. The molecule has 1 aromatic heterocycles. The number of para-hydroxylation sites is 1. The maximum absolute atomic E-state index is 12.7. The van der Waals surface area contributed by atoms with Crippen LogP contribution in [0.1, 0.15) is 48.2 Å². The molecule has 132 valence electrons. The molecule has 0 radical (unpaired) electrons. The minimum absolute atomic E-state index is 0.135. The molecule has 2 aromatic rings. The van der Waals surface area contributed by atoms with E-state index < -0.39 is 0 Å². The highest BCUT2D eigenvalue weighted by atomic mass is 16.5. The first-order chi connectivity index (χ1) is 12.1. The molecule has 0 spiro atoms. The van der Waals surface area contributed by atoms with Crippen LogP contribution in [0.25, 0.3) is 5.69 Å². The number of aromatic nitrogens is 2. The number of nitrogens with one attached hydrogen (secondary N) is 1. The molecule has 0 aliphatic heterocycles. The summed E-state index contributed by atoms with van der Waals surface area (Å²) in [5.41, 5.74) is 1.36. The molecule has 1 saturated carbocycles. The Balaban J connectivity index is 1.97. The van der Waals surface area contributed by atoms with E-state index in [0.29, 0.717) is 5.69 Å². The lowest BCUT2D eigenvalue weighted by Gasteiger charge is -2.23. The summed E-state index contributed by atoms with van der Waals surface area (Å²) in [6.45, 7) is 1.90. The van der Waals surface area contributed by atoms with Crippen LogP contribution in [0.3, 0.4) is 0 Å². The highest BCUT2D eigenvalue weighted by Gasteiger charge is 2.22. The van der Waals surface area contributed by atoms with Crippen molar-refractivity contribution < 1.29 is 9.53 Å². The van der Waals surface area contributed by atoms with E-state index in [9.17, 15) is 9.59 Å². The molecule has 25 heavy (non-hydrogen) atoms. The summed E-state index contributed by atoms with van der Waals surface area (Å²) in [5.74, 6) is -0.103. The minimum atomic E-state index is -0.333. The molecule has 1 aliphatic carbocycles. The molecule has 0 unspecified atom stereocenters. The fourth-order valence-corrected chi connectivity index (χ4v) is 3.23. The number of carbonyl (C=O) groups is 1. The summed E-state index contributed by atoms with van der Waals surface area (Å²) in [6.07, 6.45) is 5.42. The van der Waals surface area contributed by atoms with Crippen LogP contribution in [-0.4, -0.2) is 28.8 Å². The van der Waals surface area contributed by atoms with E-state index in [1.165, 1.54) is 24.3 Å². The van der Waals surface area contributed by atoms with E-state index in [1.807, 2.05) is 25.1 Å². The van der Waals surface area contributed by atoms with Gasteiger partial charge in [-0.15, -0.1) is 0 Å². The lowest BCUT2D eigenvalue weighted by atomic mass is 9.95. The number of methoxy groups -OCH3 is 1. The van der Waals surface area contributed by atoms with Crippen molar-refractivity contribution in [3.05, 3.63) is 51.9 Å². The van der Waals surface area contributed by atoms with Crippen LogP contribution >= 0.6 is 0 Å². The topological polar surface area (TPSA) is 73.2 Å². The average Bonchev–Trinajstić information content (AvgIpc) is 2.63. The molecule has 1 aliphatic rings. The van der Waals surface area contributed by atoms with Gasteiger partial charge in [-0.3, -0.25) is 9.59 Å². The Hall–Kier alpha value is -2.63. The number of ether oxygens (including phenoxy) is 1. The second-order valence-corrected chi connectivity index (χ2v) is 6.41. The van der Waals surface area contributed by atoms with Crippen LogP contribution in [0.4, 0.5) is 0 Å². The van der Waals surface area contributed by atoms with Gasteiger partial charge >= 0.3 is 0 Å². The van der Waals surface area contributed by atoms with Gasteiger partial charge in [0.05, 0.1) is 18.9 Å². The number of benzene rings is 1. The van der Waals surface area contributed by atoms with E-state index in [1.54, 1.807) is 6.07 Å². The Labute approximate surface area is 146 Å². The highest BCUT2D eigenvalue weighted by Crippen LogP contribution is 2.20. The standard InChI is InChI=1S/C19H23N3O3/c1-13-8-6-7-11-15(13)22-17(23)12-16(25-2)18(21-22)19(24)20-14-9-4-3-5-10-14/h6-8,11-12,14H,3-5,9-10H2,1-2H3,(H,20,24). The summed E-state index contributed by atoms with van der Waals surface area (Å²) in [6, 6.07) is 8.91. The Morgan fingerprint density at radius 1 is 1.24 bits per heavy atom. The Morgan fingerprint density at radius 2 is 1.96 bits per heavy atom. The summed E-state index contributed by atoms with van der Waals surface area (Å²) >= 11 is 0. The third kappa shape index (κ3) is 3.73. The van der Waals surface area contributed by atoms with Gasteiger partial charge in [0.1, 0.15) is 0 Å². The van der Waals surface area contributed by atoms with Gasteiger partial charge in [0.15, 0.2) is 11.4 Å². The van der Waals surface area contributed by atoms with Crippen LogP contribution < -0.4 is 15.6 Å². The lowest BCUT2D eigenvalue weighted by molar-refractivity contribution is 0.0917. The van der Waals surface area contributed by atoms with Crippen molar-refractivity contribution in [2.24, 2.45) is 0 Å². The summed E-state index contributed by atoms with van der Waals surface area (Å²) < 4.78 is 6.48. The molecule has 1 heterocycles. The molecule has 1 fully saturated rings. The Bertz CT molecular complexity index is 823. The molecule has 0 atom stereocenters. The fraction of sp³-hybridized carbons (Fsp3) is 0.421. The Kier molecular flexibility index (Phi) is 5.16. The SMILES string of the molecule is COc1cc(=O)n(-c2ccccc2C)nc1C(=O)NC1CCCCC1. The summed E-state index contributed by atoms with van der Waals surface area (Å²) in [4.78, 5) is 25.1. The van der Waals surface area contributed by atoms with Gasteiger partial charge in [0.25, 0.3) is 11.5 Å². The van der Waals surface area contributed by atoms with Gasteiger partial charge in [-0.1, -0.05) is 37.5 Å². The van der Waals surface area contributed by atoms with Gasteiger partial charge in [0, 0.05) is 6.04 Å². The van der Waals surface area contributed by atoms with Gasteiger partial charge in [0.2, 0.25) is 0 Å². The van der Waals surface area contributed by atoms with Crippen molar-refractivity contribution in [2.45, 2.75) is 45.1 Å². The van der Waals surface area contributed by atoms with Crippen molar-refractivity contribution >= 4 is 5.91 Å². The minimum Gasteiger partial charge on any atom is -0.494 e. The number of hydrogen-bond acceptors (Lipinski definition) is 4. The highest BCUT2D eigenvalue weighted by molar-refractivity contribution is 5.95. The molecule has 6 nitrogen and oxygen atoms in total. The molecule has 6 heteroatoms. The van der Waals surface area contributed by atoms with Crippen LogP contribution in [0.2, 0.25) is 0 Å². The normalized spacial score (nSPS) is 15.0. The maximum Gasteiger partial charge on any atom is 0.275 e. The molecule has 0 saturated heterocycles. The number of nitrogens with zero attached hydrogens (tertiary/aromatic N) is 2. The average molecular weight is 341 g/mol. The van der Waals surface area contributed by atoms with E-state index >= 15 is 0 Å². The fourth-order valence-electron chi connectivity index (χ4n) is 3.23. The van der Waals surface area contributed by atoms with Crippen LogP contribution in [0, 0.1) is 6.92 Å². The van der Waals surface area contributed by atoms with Gasteiger partial charge in [-0.05, 0) is 31.4 Å². The molecule has 3 rings (SSSR count). The van der Waals surface area contributed by atoms with Crippen LogP contribution in [0.15, 0.2) is 35.1 Å². The first-order valence-electron chi connectivity index (χ1n) is 8.65.